The lowest BCUT2D eigenvalue weighted by Gasteiger charge is -2.34. The van der Waals surface area contributed by atoms with Crippen LogP contribution in [-0.4, -0.2) is 27.7 Å². The molecule has 39 heavy (non-hydrogen) atoms. The highest BCUT2D eigenvalue weighted by molar-refractivity contribution is 7.18. The molecule has 6 rings (SSSR count). The minimum atomic E-state index is -4.84. The van der Waals surface area contributed by atoms with Crippen LogP contribution < -0.4 is 4.74 Å². The summed E-state index contributed by atoms with van der Waals surface area (Å²) in [5.41, 5.74) is 1.34. The SMILES string of the molecule is N#Cc1ccc2nc([C@]3(O)CC[C@@H](OCc4c(-c5ccccc5OC(F)(F)F)noc4C4CC4)CC3)sc2c1. The molecule has 7 nitrogen and oxygen atoms in total. The lowest BCUT2D eigenvalue weighted by molar-refractivity contribution is -0.274. The molecule has 2 fully saturated rings. The molecule has 202 valence electrons. The van der Waals surface area contributed by atoms with Gasteiger partial charge in [-0.3, -0.25) is 0 Å². The molecule has 0 atom stereocenters. The molecule has 2 aromatic heterocycles. The minimum Gasteiger partial charge on any atom is -0.405 e. The van der Waals surface area contributed by atoms with Crippen LogP contribution in [0.3, 0.4) is 0 Å². The monoisotopic (exact) mass is 555 g/mol. The van der Waals surface area contributed by atoms with Gasteiger partial charge in [0.2, 0.25) is 0 Å². The maximum atomic E-state index is 13.0. The van der Waals surface area contributed by atoms with E-state index in [2.05, 4.69) is 20.9 Å². The molecule has 0 unspecified atom stereocenters. The zero-order valence-electron chi connectivity index (χ0n) is 20.7. The van der Waals surface area contributed by atoms with Gasteiger partial charge in [-0.25, -0.2) is 4.98 Å². The number of fused-ring (bicyclic) bond motifs is 1. The van der Waals surface area contributed by atoms with Gasteiger partial charge in [0.15, 0.2) is 0 Å². The number of ether oxygens (including phenoxy) is 2. The van der Waals surface area contributed by atoms with Gasteiger partial charge in [-0.15, -0.1) is 24.5 Å². The maximum absolute atomic E-state index is 13.0. The summed E-state index contributed by atoms with van der Waals surface area (Å²) in [6.07, 6.45) is -1.05. The standard InChI is InChI=1S/C28H24F3N3O4S/c29-28(30,31)37-22-4-2-1-3-19(22)24-20(25(38-34-24)17-6-7-17)15-36-18-9-11-27(35,12-10-18)26-33-21-8-5-16(14-32)13-23(21)39-26/h1-5,8,13,17-18,35H,6-7,9-12,15H2/t18-,27+. The minimum absolute atomic E-state index is 0.131. The predicted molar refractivity (Wildman–Crippen MR) is 136 cm³/mol. The Kier molecular flexibility index (Phi) is 6.57. The second-order valence-electron chi connectivity index (χ2n) is 10.0. The molecule has 4 aromatic rings. The van der Waals surface area contributed by atoms with Gasteiger partial charge in [0.25, 0.3) is 0 Å². The predicted octanol–water partition coefficient (Wildman–Crippen LogP) is 6.95. The van der Waals surface area contributed by atoms with Crippen molar-refractivity contribution < 1.29 is 32.3 Å². The Morgan fingerprint density at radius 2 is 1.90 bits per heavy atom. The van der Waals surface area contributed by atoms with Crippen molar-refractivity contribution in [1.82, 2.24) is 10.1 Å². The van der Waals surface area contributed by atoms with Crippen molar-refractivity contribution in [2.75, 3.05) is 0 Å². The Labute approximate surface area is 225 Å². The van der Waals surface area contributed by atoms with Gasteiger partial charge < -0.3 is 19.1 Å². The van der Waals surface area contributed by atoms with Crippen molar-refractivity contribution in [2.24, 2.45) is 0 Å². The Morgan fingerprint density at radius 1 is 1.13 bits per heavy atom. The van der Waals surface area contributed by atoms with Crippen LogP contribution in [0.2, 0.25) is 0 Å². The van der Waals surface area contributed by atoms with Crippen LogP contribution in [0, 0.1) is 11.3 Å². The summed E-state index contributed by atoms with van der Waals surface area (Å²) in [5, 5.41) is 25.3. The van der Waals surface area contributed by atoms with Gasteiger partial charge in [-0.05, 0) is 68.9 Å². The third-order valence-corrected chi connectivity index (χ3v) is 8.48. The first-order valence-corrected chi connectivity index (χ1v) is 13.5. The number of nitrogens with zero attached hydrogens (tertiary/aromatic N) is 3. The number of hydrogen-bond acceptors (Lipinski definition) is 8. The number of hydrogen-bond donors (Lipinski definition) is 1. The number of para-hydroxylation sites is 1. The molecule has 2 aliphatic rings. The van der Waals surface area contributed by atoms with Gasteiger partial charge in [-0.2, -0.15) is 5.26 Å². The number of halogens is 3. The highest BCUT2D eigenvalue weighted by Gasteiger charge is 2.39. The Bertz CT molecular complexity index is 1550. The Hall–Kier alpha value is -3.46. The van der Waals surface area contributed by atoms with Gasteiger partial charge in [-0.1, -0.05) is 17.3 Å². The van der Waals surface area contributed by atoms with Crippen LogP contribution in [0.25, 0.3) is 21.5 Å². The summed E-state index contributed by atoms with van der Waals surface area (Å²) in [4.78, 5) is 4.62. The molecular weight excluding hydrogens is 531 g/mol. The van der Waals surface area contributed by atoms with E-state index in [-0.39, 0.29) is 35.6 Å². The topological polar surface area (TPSA) is 101 Å². The van der Waals surface area contributed by atoms with E-state index in [0.717, 1.165) is 23.1 Å². The van der Waals surface area contributed by atoms with Crippen LogP contribution in [0.1, 0.15) is 66.3 Å². The lowest BCUT2D eigenvalue weighted by atomic mass is 9.83. The quantitative estimate of drug-likeness (QED) is 0.263. The van der Waals surface area contributed by atoms with E-state index in [1.165, 1.54) is 29.5 Å². The second-order valence-corrected chi connectivity index (χ2v) is 11.1. The fourth-order valence-corrected chi connectivity index (χ4v) is 6.21. The lowest BCUT2D eigenvalue weighted by Crippen LogP contribution is -2.34. The molecule has 0 radical (unpaired) electrons. The first kappa shape index (κ1) is 25.8. The van der Waals surface area contributed by atoms with Crippen LogP contribution >= 0.6 is 11.3 Å². The van der Waals surface area contributed by atoms with E-state index in [1.807, 2.05) is 0 Å². The first-order valence-electron chi connectivity index (χ1n) is 12.7. The fraction of sp³-hybridized carbons (Fsp3) is 0.393. The van der Waals surface area contributed by atoms with E-state index in [4.69, 9.17) is 14.5 Å². The zero-order chi connectivity index (χ0) is 27.2. The highest BCUT2D eigenvalue weighted by atomic mass is 32.1. The molecule has 0 spiro atoms. The number of alkyl halides is 3. The summed E-state index contributed by atoms with van der Waals surface area (Å²) in [6.45, 7) is 0.131. The Balaban J connectivity index is 1.17. The zero-order valence-corrected chi connectivity index (χ0v) is 21.5. The van der Waals surface area contributed by atoms with E-state index in [0.29, 0.717) is 47.6 Å². The largest absolute Gasteiger partial charge is 0.573 e. The normalized spacial score (nSPS) is 21.7. The molecule has 11 heteroatoms. The first-order chi connectivity index (χ1) is 18.7. The molecule has 2 aliphatic carbocycles. The average molecular weight is 556 g/mol. The van der Waals surface area contributed by atoms with Gasteiger partial charge in [0.1, 0.15) is 27.8 Å². The number of aliphatic hydroxyl groups is 1. The van der Waals surface area contributed by atoms with Crippen LogP contribution in [-0.2, 0) is 16.9 Å². The number of nitriles is 1. The van der Waals surface area contributed by atoms with Crippen LogP contribution in [0.5, 0.6) is 5.75 Å². The number of rotatable bonds is 7. The maximum Gasteiger partial charge on any atom is 0.573 e. The van der Waals surface area contributed by atoms with Crippen molar-refractivity contribution in [2.45, 2.75) is 69.1 Å². The molecular formula is C28H24F3N3O4S. The van der Waals surface area contributed by atoms with E-state index in [9.17, 15) is 18.3 Å². The molecule has 0 bridgehead atoms. The number of aromatic nitrogens is 2. The summed E-state index contributed by atoms with van der Waals surface area (Å²) in [5.74, 6) is 0.477. The van der Waals surface area contributed by atoms with Gasteiger partial charge >= 0.3 is 6.36 Å². The average Bonchev–Trinajstić information content (AvgIpc) is 3.52. The summed E-state index contributed by atoms with van der Waals surface area (Å²) < 4.78 is 56.0. The van der Waals surface area contributed by atoms with E-state index >= 15 is 0 Å². The van der Waals surface area contributed by atoms with Crippen LogP contribution in [0.15, 0.2) is 47.0 Å². The molecule has 2 heterocycles. The molecule has 0 amide bonds. The third kappa shape index (κ3) is 5.37. The number of thiazole rings is 1. The van der Waals surface area contributed by atoms with Crippen LogP contribution in [0.4, 0.5) is 13.2 Å². The van der Waals surface area contributed by atoms with Gasteiger partial charge in [0, 0.05) is 17.0 Å². The summed E-state index contributed by atoms with van der Waals surface area (Å²) >= 11 is 1.40. The van der Waals surface area contributed by atoms with Crippen molar-refractivity contribution in [3.05, 3.63) is 64.4 Å². The van der Waals surface area contributed by atoms with Crippen molar-refractivity contribution in [1.29, 1.82) is 5.26 Å². The van der Waals surface area contributed by atoms with Crippen molar-refractivity contribution >= 4 is 21.6 Å². The molecule has 0 saturated heterocycles. The van der Waals surface area contributed by atoms with Crippen molar-refractivity contribution in [3.8, 4) is 23.1 Å². The summed E-state index contributed by atoms with van der Waals surface area (Å²) in [6, 6.07) is 13.3. The Morgan fingerprint density at radius 3 is 2.62 bits per heavy atom. The molecule has 0 aliphatic heterocycles. The summed E-state index contributed by atoms with van der Waals surface area (Å²) in [7, 11) is 0. The molecule has 1 N–H and O–H groups in total. The van der Waals surface area contributed by atoms with E-state index in [1.54, 1.807) is 24.3 Å². The smallest absolute Gasteiger partial charge is 0.405 e. The van der Waals surface area contributed by atoms with Crippen molar-refractivity contribution in [3.63, 3.8) is 0 Å². The highest BCUT2D eigenvalue weighted by Crippen LogP contribution is 2.46. The molecule has 2 saturated carbocycles. The van der Waals surface area contributed by atoms with E-state index < -0.39 is 12.0 Å². The molecule has 2 aromatic carbocycles. The third-order valence-electron chi connectivity index (χ3n) is 7.27. The van der Waals surface area contributed by atoms with Gasteiger partial charge in [0.05, 0.1) is 34.6 Å². The fourth-order valence-electron chi connectivity index (χ4n) is 5.06. The second kappa shape index (κ2) is 9.93. The number of benzene rings is 2.